The van der Waals surface area contributed by atoms with Gasteiger partial charge in [0.25, 0.3) is 0 Å². The lowest BCUT2D eigenvalue weighted by Crippen LogP contribution is -2.32. The lowest BCUT2D eigenvalue weighted by molar-refractivity contribution is 0.0853. The number of benzene rings is 1. The third-order valence-electron chi connectivity index (χ3n) is 6.28. The Kier molecular flexibility index (Phi) is 5.61. The average Bonchev–Trinajstić information content (AvgIpc) is 3.47. The second-order valence-corrected chi connectivity index (χ2v) is 8.60. The normalized spacial score (nSPS) is 17.5. The molecule has 2 aliphatic heterocycles. The lowest BCUT2D eigenvalue weighted by atomic mass is 9.92. The summed E-state index contributed by atoms with van der Waals surface area (Å²) in [4.78, 5) is 21.5. The summed E-state index contributed by atoms with van der Waals surface area (Å²) in [6, 6.07) is 14.3. The van der Waals surface area contributed by atoms with Crippen molar-refractivity contribution in [3.63, 3.8) is 0 Å². The molecule has 5 rings (SSSR count). The molecule has 0 radical (unpaired) electrons. The van der Waals surface area contributed by atoms with Crippen molar-refractivity contribution in [3.8, 4) is 11.5 Å². The SMILES string of the molecule is CC(C)n1cnnc1-c1cccc(N2CCN(c3ccc(C4CCOCC4)cc3)C2=O)n1. The number of carbonyl (C=O) groups is 1. The van der Waals surface area contributed by atoms with Gasteiger partial charge in [0.2, 0.25) is 0 Å². The van der Waals surface area contributed by atoms with Gasteiger partial charge < -0.3 is 9.30 Å². The van der Waals surface area contributed by atoms with E-state index in [0.29, 0.717) is 36.3 Å². The van der Waals surface area contributed by atoms with Crippen molar-refractivity contribution in [2.75, 3.05) is 36.1 Å². The van der Waals surface area contributed by atoms with Crippen LogP contribution in [-0.2, 0) is 4.74 Å². The number of aromatic nitrogens is 4. The summed E-state index contributed by atoms with van der Waals surface area (Å²) in [5.41, 5.74) is 2.95. The zero-order valence-electron chi connectivity index (χ0n) is 18.5. The molecule has 0 aliphatic carbocycles. The Bertz CT molecular complexity index is 1090. The van der Waals surface area contributed by atoms with E-state index in [9.17, 15) is 4.79 Å². The number of amides is 2. The minimum absolute atomic E-state index is 0.0567. The van der Waals surface area contributed by atoms with Crippen LogP contribution >= 0.6 is 0 Å². The van der Waals surface area contributed by atoms with Crippen LogP contribution in [0.3, 0.4) is 0 Å². The maximum atomic E-state index is 13.2. The van der Waals surface area contributed by atoms with Gasteiger partial charge in [-0.15, -0.1) is 10.2 Å². The van der Waals surface area contributed by atoms with Gasteiger partial charge in [-0.25, -0.2) is 9.78 Å². The number of pyridine rings is 1. The van der Waals surface area contributed by atoms with Crippen molar-refractivity contribution in [2.45, 2.75) is 38.6 Å². The van der Waals surface area contributed by atoms with Crippen LogP contribution in [0.2, 0.25) is 0 Å². The Balaban J connectivity index is 1.34. The van der Waals surface area contributed by atoms with Crippen molar-refractivity contribution in [3.05, 3.63) is 54.4 Å². The van der Waals surface area contributed by atoms with Gasteiger partial charge in [-0.2, -0.15) is 0 Å². The maximum absolute atomic E-state index is 13.2. The number of nitrogens with zero attached hydrogens (tertiary/aromatic N) is 6. The molecule has 8 nitrogen and oxygen atoms in total. The summed E-state index contributed by atoms with van der Waals surface area (Å²) in [6.07, 6.45) is 3.83. The molecular formula is C24H28N6O2. The highest BCUT2D eigenvalue weighted by molar-refractivity contribution is 6.05. The van der Waals surface area contributed by atoms with Crippen molar-refractivity contribution >= 4 is 17.5 Å². The first kappa shape index (κ1) is 20.6. The van der Waals surface area contributed by atoms with Crippen LogP contribution in [0.25, 0.3) is 11.5 Å². The first-order chi connectivity index (χ1) is 15.6. The summed E-state index contributed by atoms with van der Waals surface area (Å²) < 4.78 is 7.45. The number of carbonyl (C=O) groups excluding carboxylic acids is 1. The van der Waals surface area contributed by atoms with Crippen LogP contribution in [0.1, 0.15) is 44.2 Å². The van der Waals surface area contributed by atoms with E-state index in [2.05, 4.69) is 48.3 Å². The van der Waals surface area contributed by atoms with E-state index in [1.54, 1.807) is 11.2 Å². The standard InChI is InChI=1S/C24H28N6O2/c1-17(2)30-16-25-27-23(30)21-4-3-5-22(26-21)29-13-12-28(24(29)31)20-8-6-18(7-9-20)19-10-14-32-15-11-19/h3-9,16-17,19H,10-15H2,1-2H3. The first-order valence-electron chi connectivity index (χ1n) is 11.3. The molecule has 3 aromatic rings. The zero-order chi connectivity index (χ0) is 22.1. The smallest absolute Gasteiger partial charge is 0.330 e. The number of anilines is 2. The van der Waals surface area contributed by atoms with Crippen molar-refractivity contribution in [1.82, 2.24) is 19.7 Å². The molecule has 0 spiro atoms. The Hall–Kier alpha value is -3.26. The quantitative estimate of drug-likeness (QED) is 0.602. The summed E-state index contributed by atoms with van der Waals surface area (Å²) in [7, 11) is 0. The highest BCUT2D eigenvalue weighted by atomic mass is 16.5. The molecule has 0 unspecified atom stereocenters. The second-order valence-electron chi connectivity index (χ2n) is 8.60. The van der Waals surface area contributed by atoms with E-state index >= 15 is 0 Å². The molecule has 32 heavy (non-hydrogen) atoms. The van der Waals surface area contributed by atoms with Gasteiger partial charge >= 0.3 is 6.03 Å². The third-order valence-corrected chi connectivity index (χ3v) is 6.28. The van der Waals surface area contributed by atoms with Crippen LogP contribution in [-0.4, -0.2) is 52.1 Å². The van der Waals surface area contributed by atoms with Crippen molar-refractivity contribution in [2.24, 2.45) is 0 Å². The van der Waals surface area contributed by atoms with E-state index in [0.717, 1.165) is 31.7 Å². The molecule has 2 fully saturated rings. The van der Waals surface area contributed by atoms with Gasteiger partial charge in [0.05, 0.1) is 0 Å². The molecule has 2 amide bonds. The molecule has 2 aliphatic rings. The van der Waals surface area contributed by atoms with E-state index in [1.807, 2.05) is 27.7 Å². The number of hydrogen-bond acceptors (Lipinski definition) is 5. The van der Waals surface area contributed by atoms with Crippen LogP contribution in [0.4, 0.5) is 16.3 Å². The lowest BCUT2D eigenvalue weighted by Gasteiger charge is -2.23. The van der Waals surface area contributed by atoms with Gasteiger partial charge in [-0.1, -0.05) is 18.2 Å². The molecule has 0 atom stereocenters. The van der Waals surface area contributed by atoms with Gasteiger partial charge in [-0.3, -0.25) is 9.80 Å². The number of ether oxygens (including phenoxy) is 1. The van der Waals surface area contributed by atoms with Crippen LogP contribution in [0.15, 0.2) is 48.8 Å². The average molecular weight is 433 g/mol. The fourth-order valence-corrected chi connectivity index (χ4v) is 4.45. The van der Waals surface area contributed by atoms with Crippen LogP contribution in [0, 0.1) is 0 Å². The molecule has 0 N–H and O–H groups in total. The van der Waals surface area contributed by atoms with Crippen molar-refractivity contribution in [1.29, 1.82) is 0 Å². The molecule has 2 saturated heterocycles. The Morgan fingerprint density at radius 2 is 1.75 bits per heavy atom. The predicted molar refractivity (Wildman–Crippen MR) is 123 cm³/mol. The Labute approximate surface area is 187 Å². The molecule has 166 valence electrons. The number of rotatable bonds is 5. The molecule has 8 heteroatoms. The van der Waals surface area contributed by atoms with Crippen LogP contribution < -0.4 is 9.80 Å². The van der Waals surface area contributed by atoms with E-state index in [-0.39, 0.29) is 12.1 Å². The van der Waals surface area contributed by atoms with E-state index in [4.69, 9.17) is 9.72 Å². The van der Waals surface area contributed by atoms with E-state index in [1.165, 1.54) is 5.56 Å². The summed E-state index contributed by atoms with van der Waals surface area (Å²) in [5, 5.41) is 8.26. The zero-order valence-corrected chi connectivity index (χ0v) is 18.5. The minimum atomic E-state index is -0.0567. The van der Waals surface area contributed by atoms with Gasteiger partial charge in [0.1, 0.15) is 17.8 Å². The Morgan fingerprint density at radius 3 is 2.50 bits per heavy atom. The Morgan fingerprint density at radius 1 is 1.00 bits per heavy atom. The number of hydrogen-bond donors (Lipinski definition) is 0. The molecule has 4 heterocycles. The predicted octanol–water partition coefficient (Wildman–Crippen LogP) is 4.26. The molecule has 2 aromatic heterocycles. The molecule has 0 bridgehead atoms. The third kappa shape index (κ3) is 3.86. The molecule has 0 saturated carbocycles. The molecule has 1 aromatic carbocycles. The fraction of sp³-hybridized carbons (Fsp3) is 0.417. The second kappa shape index (κ2) is 8.70. The highest BCUT2D eigenvalue weighted by Crippen LogP contribution is 2.30. The summed E-state index contributed by atoms with van der Waals surface area (Å²) in [6.45, 7) is 7.02. The summed E-state index contributed by atoms with van der Waals surface area (Å²) >= 11 is 0. The van der Waals surface area contributed by atoms with Crippen molar-refractivity contribution < 1.29 is 9.53 Å². The largest absolute Gasteiger partial charge is 0.381 e. The van der Waals surface area contributed by atoms with Crippen LogP contribution in [0.5, 0.6) is 0 Å². The topological polar surface area (TPSA) is 76.4 Å². The summed E-state index contributed by atoms with van der Waals surface area (Å²) in [5.74, 6) is 1.88. The molecular weight excluding hydrogens is 404 g/mol. The minimum Gasteiger partial charge on any atom is -0.381 e. The highest BCUT2D eigenvalue weighted by Gasteiger charge is 2.32. The van der Waals surface area contributed by atoms with Gasteiger partial charge in [0.15, 0.2) is 5.82 Å². The maximum Gasteiger partial charge on any atom is 0.330 e. The van der Waals surface area contributed by atoms with E-state index < -0.39 is 0 Å². The number of urea groups is 1. The first-order valence-corrected chi connectivity index (χ1v) is 11.3. The van der Waals surface area contributed by atoms with Gasteiger partial charge in [-0.05, 0) is 62.4 Å². The van der Waals surface area contributed by atoms with Gasteiger partial charge in [0, 0.05) is 38.0 Å². The monoisotopic (exact) mass is 432 g/mol. The fourth-order valence-electron chi connectivity index (χ4n) is 4.45.